The summed E-state index contributed by atoms with van der Waals surface area (Å²) in [5, 5.41) is 4.29. The van der Waals surface area contributed by atoms with E-state index in [1.54, 1.807) is 6.08 Å². The molecule has 0 saturated carbocycles. The summed E-state index contributed by atoms with van der Waals surface area (Å²) in [5.74, 6) is 1.28. The molecule has 1 heterocycles. The highest BCUT2D eigenvalue weighted by Gasteiger charge is 2.18. The average Bonchev–Trinajstić information content (AvgIpc) is 2.61. The molecule has 2 aliphatic rings. The third kappa shape index (κ3) is 2.57. The zero-order valence-corrected chi connectivity index (χ0v) is 12.3. The van der Waals surface area contributed by atoms with Crippen LogP contribution in [0.2, 0.25) is 0 Å². The third-order valence-corrected chi connectivity index (χ3v) is 3.70. The first kappa shape index (κ1) is 13.6. The number of ketones is 1. The molecule has 1 aliphatic heterocycles. The van der Waals surface area contributed by atoms with Gasteiger partial charge in [-0.2, -0.15) is 5.10 Å². The first-order valence-corrected chi connectivity index (χ1v) is 7.36. The topological polar surface area (TPSA) is 59.9 Å². The summed E-state index contributed by atoms with van der Waals surface area (Å²) in [6.45, 7) is 1.08. The van der Waals surface area contributed by atoms with E-state index < -0.39 is 0 Å². The Bertz CT molecular complexity index is 840. The van der Waals surface area contributed by atoms with Crippen LogP contribution in [0.1, 0.15) is 11.1 Å². The minimum absolute atomic E-state index is 0.117. The number of hydrogen-bond acceptors (Lipinski definition) is 5. The summed E-state index contributed by atoms with van der Waals surface area (Å²) in [5.41, 5.74) is 5.88. The largest absolute Gasteiger partial charge is 0.486 e. The van der Waals surface area contributed by atoms with E-state index in [9.17, 15) is 4.79 Å². The van der Waals surface area contributed by atoms with Crippen molar-refractivity contribution in [2.75, 3.05) is 18.6 Å². The maximum Gasteiger partial charge on any atom is 0.206 e. The number of fused-ring (bicyclic) bond motifs is 2. The summed E-state index contributed by atoms with van der Waals surface area (Å²) in [6.07, 6.45) is 3.34. The van der Waals surface area contributed by atoms with E-state index in [0.29, 0.717) is 24.7 Å². The van der Waals surface area contributed by atoms with Crippen molar-refractivity contribution >= 4 is 23.3 Å². The Hall–Kier alpha value is -3.08. The normalized spacial score (nSPS) is 17.0. The Morgan fingerprint density at radius 3 is 2.70 bits per heavy atom. The quantitative estimate of drug-likeness (QED) is 0.867. The minimum atomic E-state index is -0.117. The van der Waals surface area contributed by atoms with Crippen LogP contribution in [0.4, 0.5) is 5.69 Å². The molecule has 0 bridgehead atoms. The number of rotatable bonds is 2. The molecule has 5 heteroatoms. The first-order valence-electron chi connectivity index (χ1n) is 7.36. The van der Waals surface area contributed by atoms with Crippen molar-refractivity contribution in [3.63, 3.8) is 0 Å². The lowest BCUT2D eigenvalue weighted by molar-refractivity contribution is -0.108. The average molecular weight is 306 g/mol. The van der Waals surface area contributed by atoms with Crippen LogP contribution in [0, 0.1) is 0 Å². The number of hydrazone groups is 1. The Balaban J connectivity index is 1.63. The van der Waals surface area contributed by atoms with Gasteiger partial charge in [-0.1, -0.05) is 30.3 Å². The molecule has 0 atom stereocenters. The second-order valence-corrected chi connectivity index (χ2v) is 5.22. The standard InChI is InChI=1S/C18H14N2O3/c21-15-7-5-12-3-1-2-4-14(12)18(15)20-19-13-6-8-16-17(11-13)23-10-9-22-16/h1-8,11,19H,9-10H2/b20-18+. The molecule has 1 N–H and O–H groups in total. The van der Waals surface area contributed by atoms with Crippen molar-refractivity contribution < 1.29 is 14.3 Å². The van der Waals surface area contributed by atoms with Crippen LogP contribution in [-0.2, 0) is 4.79 Å². The molecule has 0 aromatic heterocycles. The molecule has 0 unspecified atom stereocenters. The van der Waals surface area contributed by atoms with Crippen molar-refractivity contribution in [2.24, 2.45) is 5.10 Å². The van der Waals surface area contributed by atoms with E-state index in [1.807, 2.05) is 42.5 Å². The van der Waals surface area contributed by atoms with Crippen molar-refractivity contribution in [3.8, 4) is 11.5 Å². The number of ether oxygens (including phenoxy) is 2. The number of nitrogens with zero attached hydrogens (tertiary/aromatic N) is 1. The van der Waals surface area contributed by atoms with Crippen molar-refractivity contribution in [2.45, 2.75) is 0 Å². The van der Waals surface area contributed by atoms with Crippen LogP contribution in [0.5, 0.6) is 11.5 Å². The van der Waals surface area contributed by atoms with E-state index in [0.717, 1.165) is 22.6 Å². The summed E-state index contributed by atoms with van der Waals surface area (Å²) >= 11 is 0. The van der Waals surface area contributed by atoms with Gasteiger partial charge in [0.2, 0.25) is 5.78 Å². The Morgan fingerprint density at radius 2 is 1.78 bits per heavy atom. The van der Waals surface area contributed by atoms with Crippen molar-refractivity contribution in [1.29, 1.82) is 0 Å². The second kappa shape index (κ2) is 5.61. The van der Waals surface area contributed by atoms with Gasteiger partial charge in [-0.05, 0) is 23.8 Å². The molecule has 1 aliphatic carbocycles. The van der Waals surface area contributed by atoms with Gasteiger partial charge in [0.15, 0.2) is 11.5 Å². The maximum atomic E-state index is 12.1. The molecule has 114 valence electrons. The monoisotopic (exact) mass is 306 g/mol. The Morgan fingerprint density at radius 1 is 0.957 bits per heavy atom. The number of nitrogens with one attached hydrogen (secondary N) is 1. The number of allylic oxidation sites excluding steroid dienone is 1. The Kier molecular flexibility index (Phi) is 3.31. The predicted molar refractivity (Wildman–Crippen MR) is 88.1 cm³/mol. The molecule has 5 nitrogen and oxygen atoms in total. The molecule has 0 fully saturated rings. The second-order valence-electron chi connectivity index (χ2n) is 5.22. The van der Waals surface area contributed by atoms with Gasteiger partial charge >= 0.3 is 0 Å². The van der Waals surface area contributed by atoms with E-state index in [-0.39, 0.29) is 5.78 Å². The van der Waals surface area contributed by atoms with E-state index in [2.05, 4.69) is 10.5 Å². The van der Waals surface area contributed by atoms with Gasteiger partial charge in [0, 0.05) is 11.6 Å². The number of anilines is 1. The fourth-order valence-electron chi connectivity index (χ4n) is 2.58. The fourth-order valence-corrected chi connectivity index (χ4v) is 2.58. The number of carbonyl (C=O) groups excluding carboxylic acids is 1. The van der Waals surface area contributed by atoms with Gasteiger partial charge in [0.05, 0.1) is 5.69 Å². The maximum absolute atomic E-state index is 12.1. The smallest absolute Gasteiger partial charge is 0.206 e. The van der Waals surface area contributed by atoms with Crippen LogP contribution in [0.25, 0.3) is 6.08 Å². The van der Waals surface area contributed by atoms with E-state index in [1.165, 1.54) is 6.08 Å². The Labute approximate surface area is 133 Å². The molecule has 0 saturated heterocycles. The van der Waals surface area contributed by atoms with E-state index in [4.69, 9.17) is 9.47 Å². The highest BCUT2D eigenvalue weighted by Crippen LogP contribution is 2.32. The molecule has 0 spiro atoms. The fraction of sp³-hybridized carbons (Fsp3) is 0.111. The van der Waals surface area contributed by atoms with Crippen LogP contribution in [0.3, 0.4) is 0 Å². The lowest BCUT2D eigenvalue weighted by Crippen LogP contribution is -2.19. The molecule has 4 rings (SSSR count). The number of hydrogen-bond donors (Lipinski definition) is 1. The summed E-state index contributed by atoms with van der Waals surface area (Å²) in [7, 11) is 0. The minimum Gasteiger partial charge on any atom is -0.486 e. The van der Waals surface area contributed by atoms with E-state index >= 15 is 0 Å². The van der Waals surface area contributed by atoms with Gasteiger partial charge in [-0.3, -0.25) is 10.2 Å². The van der Waals surface area contributed by atoms with Gasteiger partial charge < -0.3 is 9.47 Å². The molecule has 23 heavy (non-hydrogen) atoms. The molecule has 2 aromatic rings. The first-order chi connectivity index (χ1) is 11.3. The van der Waals surface area contributed by atoms with Gasteiger partial charge in [-0.25, -0.2) is 0 Å². The SMILES string of the molecule is O=C1C=Cc2ccccc2/C1=N\Nc1ccc2c(c1)OCCO2. The molecular formula is C18H14N2O3. The summed E-state index contributed by atoms with van der Waals surface area (Å²) in [4.78, 5) is 12.1. The van der Waals surface area contributed by atoms with Crippen LogP contribution >= 0.6 is 0 Å². The van der Waals surface area contributed by atoms with Crippen molar-refractivity contribution in [3.05, 3.63) is 59.7 Å². The molecule has 0 radical (unpaired) electrons. The van der Waals surface area contributed by atoms with Crippen LogP contribution in [-0.4, -0.2) is 24.7 Å². The molecular weight excluding hydrogens is 292 g/mol. The zero-order chi connectivity index (χ0) is 15.6. The lowest BCUT2D eigenvalue weighted by atomic mass is 9.95. The third-order valence-electron chi connectivity index (χ3n) is 3.70. The summed E-state index contributed by atoms with van der Waals surface area (Å²) < 4.78 is 11.0. The highest BCUT2D eigenvalue weighted by molar-refractivity contribution is 6.52. The number of benzene rings is 2. The zero-order valence-electron chi connectivity index (χ0n) is 12.3. The molecule has 2 aromatic carbocycles. The van der Waals surface area contributed by atoms with Crippen LogP contribution in [0.15, 0.2) is 53.6 Å². The number of carbonyl (C=O) groups is 1. The van der Waals surface area contributed by atoms with Gasteiger partial charge in [0.1, 0.15) is 18.9 Å². The summed E-state index contributed by atoms with van der Waals surface area (Å²) in [6, 6.07) is 13.2. The lowest BCUT2D eigenvalue weighted by Gasteiger charge is -2.18. The van der Waals surface area contributed by atoms with Gasteiger partial charge in [-0.15, -0.1) is 0 Å². The highest BCUT2D eigenvalue weighted by atomic mass is 16.6. The van der Waals surface area contributed by atoms with Gasteiger partial charge in [0.25, 0.3) is 0 Å². The molecule has 0 amide bonds. The van der Waals surface area contributed by atoms with Crippen molar-refractivity contribution in [1.82, 2.24) is 0 Å². The predicted octanol–water partition coefficient (Wildman–Crippen LogP) is 2.87. The van der Waals surface area contributed by atoms with Crippen LogP contribution < -0.4 is 14.9 Å².